The predicted octanol–water partition coefficient (Wildman–Crippen LogP) is 5.95. The minimum Gasteiger partial charge on any atom is -0.445 e. The number of hydrogen-bond donors (Lipinski definition) is 1. The summed E-state index contributed by atoms with van der Waals surface area (Å²) in [6, 6.07) is 27.0. The van der Waals surface area contributed by atoms with E-state index in [1.54, 1.807) is 0 Å². The van der Waals surface area contributed by atoms with E-state index >= 15 is 0 Å². The van der Waals surface area contributed by atoms with Crippen LogP contribution in [0.2, 0.25) is 0 Å². The molecule has 0 aliphatic carbocycles. The molecule has 6 nitrogen and oxygen atoms in total. The van der Waals surface area contributed by atoms with Crippen molar-refractivity contribution >= 4 is 28.6 Å². The zero-order valence-electron chi connectivity index (χ0n) is 19.6. The molecule has 4 aromatic rings. The summed E-state index contributed by atoms with van der Waals surface area (Å²) in [6.07, 6.45) is 0.923. The number of benzene rings is 3. The highest BCUT2D eigenvalue weighted by molar-refractivity contribution is 5.97. The normalized spacial score (nSPS) is 15.2. The number of carbonyl (C=O) groups is 2. The van der Waals surface area contributed by atoms with E-state index in [9.17, 15) is 9.59 Å². The fourth-order valence-corrected chi connectivity index (χ4v) is 4.47. The van der Waals surface area contributed by atoms with E-state index < -0.39 is 12.1 Å². The second-order valence-corrected chi connectivity index (χ2v) is 8.82. The Kier molecular flexibility index (Phi) is 6.44. The van der Waals surface area contributed by atoms with Crippen LogP contribution < -0.4 is 5.32 Å². The molecular formula is C29H27N3O3. The summed E-state index contributed by atoms with van der Waals surface area (Å²) in [7, 11) is 0. The number of nitrogens with zero attached hydrogens (tertiary/aromatic N) is 2. The number of aromatic nitrogens is 1. The van der Waals surface area contributed by atoms with Crippen molar-refractivity contribution in [3.05, 3.63) is 96.2 Å². The van der Waals surface area contributed by atoms with Crippen LogP contribution in [0.15, 0.2) is 84.9 Å². The molecule has 1 saturated heterocycles. The molecule has 1 atom stereocenters. The summed E-state index contributed by atoms with van der Waals surface area (Å²) in [4.78, 5) is 31.9. The monoisotopic (exact) mass is 465 g/mol. The molecule has 3 aromatic carbocycles. The second kappa shape index (κ2) is 9.97. The van der Waals surface area contributed by atoms with Gasteiger partial charge in [0.25, 0.3) is 0 Å². The molecule has 1 fully saturated rings. The predicted molar refractivity (Wildman–Crippen MR) is 137 cm³/mol. The largest absolute Gasteiger partial charge is 0.445 e. The average Bonchev–Trinajstić information content (AvgIpc) is 3.38. The molecule has 1 unspecified atom stereocenters. The number of hydrogen-bond acceptors (Lipinski definition) is 4. The van der Waals surface area contributed by atoms with Crippen LogP contribution >= 0.6 is 0 Å². The third kappa shape index (κ3) is 5.17. The fraction of sp³-hybridized carbons (Fsp3) is 0.207. The Bertz CT molecular complexity index is 1370. The molecule has 1 aliphatic rings. The highest BCUT2D eigenvalue weighted by Crippen LogP contribution is 2.27. The summed E-state index contributed by atoms with van der Waals surface area (Å²) >= 11 is 0. The third-order valence-electron chi connectivity index (χ3n) is 6.29. The van der Waals surface area contributed by atoms with E-state index in [1.807, 2.05) is 79.7 Å². The van der Waals surface area contributed by atoms with Gasteiger partial charge < -0.3 is 10.1 Å². The van der Waals surface area contributed by atoms with Crippen LogP contribution in [0.3, 0.4) is 0 Å². The number of carbonyl (C=O) groups excluding carboxylic acids is 2. The van der Waals surface area contributed by atoms with Gasteiger partial charge in [-0.15, -0.1) is 0 Å². The van der Waals surface area contributed by atoms with Crippen LogP contribution in [-0.2, 0) is 16.1 Å². The summed E-state index contributed by atoms with van der Waals surface area (Å²) in [5.41, 5.74) is 5.59. The maximum Gasteiger partial charge on any atom is 0.410 e. The lowest BCUT2D eigenvalue weighted by atomic mass is 10.0. The molecule has 0 spiro atoms. The van der Waals surface area contributed by atoms with Gasteiger partial charge in [-0.2, -0.15) is 0 Å². The standard InChI is InChI=1S/C29H27N3O3/c1-20-12-13-24-17-23(14-15-26(24)30-20)22-9-5-10-25(18-22)31-28(33)27-11-6-16-32(27)29(34)35-19-21-7-3-2-4-8-21/h2-5,7-10,12-15,17-18,27H,6,11,16,19H2,1H3,(H,31,33). The number of likely N-dealkylation sites (tertiary alicyclic amines) is 1. The van der Waals surface area contributed by atoms with Crippen molar-refractivity contribution in [1.29, 1.82) is 0 Å². The molecule has 1 N–H and O–H groups in total. The van der Waals surface area contributed by atoms with Gasteiger partial charge in [-0.25, -0.2) is 4.79 Å². The number of ether oxygens (including phenoxy) is 1. The van der Waals surface area contributed by atoms with Crippen molar-refractivity contribution in [1.82, 2.24) is 9.88 Å². The van der Waals surface area contributed by atoms with Gasteiger partial charge in [0.2, 0.25) is 5.91 Å². The van der Waals surface area contributed by atoms with Crippen molar-refractivity contribution in [2.45, 2.75) is 32.4 Å². The molecule has 6 heteroatoms. The minimum absolute atomic E-state index is 0.188. The van der Waals surface area contributed by atoms with E-state index in [4.69, 9.17) is 4.74 Å². The SMILES string of the molecule is Cc1ccc2cc(-c3cccc(NC(=O)C4CCCN4C(=O)OCc4ccccc4)c3)ccc2n1. The lowest BCUT2D eigenvalue weighted by Crippen LogP contribution is -2.43. The van der Waals surface area contributed by atoms with Crippen LogP contribution in [0.4, 0.5) is 10.5 Å². The van der Waals surface area contributed by atoms with Crippen LogP contribution in [0.25, 0.3) is 22.0 Å². The molecule has 1 aliphatic heterocycles. The first-order valence-electron chi connectivity index (χ1n) is 11.8. The van der Waals surface area contributed by atoms with Crippen molar-refractivity contribution in [2.75, 3.05) is 11.9 Å². The Morgan fingerprint density at radius 1 is 0.971 bits per heavy atom. The fourth-order valence-electron chi connectivity index (χ4n) is 4.47. The number of amides is 2. The smallest absolute Gasteiger partial charge is 0.410 e. The summed E-state index contributed by atoms with van der Waals surface area (Å²) < 4.78 is 5.46. The Morgan fingerprint density at radius 3 is 2.66 bits per heavy atom. The van der Waals surface area contributed by atoms with Gasteiger partial charge in [0.05, 0.1) is 5.52 Å². The van der Waals surface area contributed by atoms with E-state index in [1.165, 1.54) is 4.90 Å². The Morgan fingerprint density at radius 2 is 1.80 bits per heavy atom. The maximum absolute atomic E-state index is 13.1. The molecule has 5 rings (SSSR count). The molecule has 0 saturated carbocycles. The first-order valence-corrected chi connectivity index (χ1v) is 11.8. The highest BCUT2D eigenvalue weighted by atomic mass is 16.6. The molecule has 2 heterocycles. The molecule has 1 aromatic heterocycles. The molecular weight excluding hydrogens is 438 g/mol. The van der Waals surface area contributed by atoms with Gasteiger partial charge in [-0.3, -0.25) is 14.7 Å². The van der Waals surface area contributed by atoms with Gasteiger partial charge in [-0.1, -0.05) is 54.6 Å². The Labute approximate surface area is 204 Å². The number of anilines is 1. The highest BCUT2D eigenvalue weighted by Gasteiger charge is 2.35. The minimum atomic E-state index is -0.545. The zero-order valence-corrected chi connectivity index (χ0v) is 19.6. The summed E-state index contributed by atoms with van der Waals surface area (Å²) in [5, 5.41) is 4.06. The van der Waals surface area contributed by atoms with Crippen molar-refractivity contribution < 1.29 is 14.3 Å². The van der Waals surface area contributed by atoms with Gasteiger partial charge in [0.1, 0.15) is 12.6 Å². The summed E-state index contributed by atoms with van der Waals surface area (Å²) in [6.45, 7) is 2.68. The van der Waals surface area contributed by atoms with Crippen LogP contribution in [0.1, 0.15) is 24.1 Å². The quantitative estimate of drug-likeness (QED) is 0.395. The van der Waals surface area contributed by atoms with Gasteiger partial charge in [0, 0.05) is 23.3 Å². The first-order chi connectivity index (χ1) is 17.1. The first kappa shape index (κ1) is 22.6. The topological polar surface area (TPSA) is 71.5 Å². The lowest BCUT2D eigenvalue weighted by molar-refractivity contribution is -0.120. The second-order valence-electron chi connectivity index (χ2n) is 8.82. The Balaban J connectivity index is 1.27. The lowest BCUT2D eigenvalue weighted by Gasteiger charge is -2.23. The van der Waals surface area contributed by atoms with Crippen LogP contribution in [-0.4, -0.2) is 34.5 Å². The number of aryl methyl sites for hydroxylation is 1. The van der Waals surface area contributed by atoms with Gasteiger partial charge >= 0.3 is 6.09 Å². The third-order valence-corrected chi connectivity index (χ3v) is 6.29. The zero-order chi connectivity index (χ0) is 24.2. The number of nitrogens with one attached hydrogen (secondary N) is 1. The van der Waals surface area contributed by atoms with Crippen LogP contribution in [0.5, 0.6) is 0 Å². The molecule has 176 valence electrons. The molecule has 0 radical (unpaired) electrons. The van der Waals surface area contributed by atoms with E-state index in [0.29, 0.717) is 18.7 Å². The van der Waals surface area contributed by atoms with Crippen molar-refractivity contribution in [2.24, 2.45) is 0 Å². The van der Waals surface area contributed by atoms with Crippen LogP contribution in [0, 0.1) is 6.92 Å². The number of fused-ring (bicyclic) bond motifs is 1. The number of rotatable bonds is 5. The van der Waals surface area contributed by atoms with E-state index in [-0.39, 0.29) is 12.5 Å². The molecule has 0 bridgehead atoms. The maximum atomic E-state index is 13.1. The van der Waals surface area contributed by atoms with Crippen molar-refractivity contribution in [3.8, 4) is 11.1 Å². The van der Waals surface area contributed by atoms with E-state index in [2.05, 4.69) is 22.4 Å². The average molecular weight is 466 g/mol. The summed E-state index contributed by atoms with van der Waals surface area (Å²) in [5.74, 6) is -0.200. The van der Waals surface area contributed by atoms with Gasteiger partial charge in [0.15, 0.2) is 0 Å². The molecule has 2 amide bonds. The van der Waals surface area contributed by atoms with E-state index in [0.717, 1.165) is 39.7 Å². The van der Waals surface area contributed by atoms with Gasteiger partial charge in [-0.05, 0) is 66.8 Å². The Hall–Kier alpha value is -4.19. The van der Waals surface area contributed by atoms with Crippen molar-refractivity contribution in [3.63, 3.8) is 0 Å². The molecule has 35 heavy (non-hydrogen) atoms. The number of pyridine rings is 1.